The fourth-order valence-electron chi connectivity index (χ4n) is 3.87. The molecule has 0 aliphatic heterocycles. The van der Waals surface area contributed by atoms with Gasteiger partial charge >= 0.3 is 5.97 Å². The van der Waals surface area contributed by atoms with Crippen molar-refractivity contribution in [2.24, 2.45) is 0 Å². The molecule has 2 aromatic carbocycles. The first-order chi connectivity index (χ1) is 15.1. The Balaban J connectivity index is 1.77. The molecule has 158 valence electrons. The van der Waals surface area contributed by atoms with E-state index in [0.29, 0.717) is 5.75 Å². The summed E-state index contributed by atoms with van der Waals surface area (Å²) in [6.07, 6.45) is 10.3. The lowest BCUT2D eigenvalue weighted by molar-refractivity contribution is 0.0697. The van der Waals surface area contributed by atoms with Gasteiger partial charge < -0.3 is 14.6 Å². The fraction of sp³-hybridized carbons (Fsp3) is 0.231. The van der Waals surface area contributed by atoms with E-state index in [-0.39, 0.29) is 11.7 Å². The van der Waals surface area contributed by atoms with Crippen molar-refractivity contribution < 1.29 is 19.4 Å². The smallest absolute Gasteiger partial charge is 0.335 e. The molecule has 0 atom stereocenters. The molecule has 1 aliphatic carbocycles. The van der Waals surface area contributed by atoms with Crippen molar-refractivity contribution in [2.75, 3.05) is 7.11 Å². The van der Waals surface area contributed by atoms with Gasteiger partial charge in [0.1, 0.15) is 0 Å². The lowest BCUT2D eigenvalue weighted by Gasteiger charge is -2.18. The topological polar surface area (TPSA) is 68.7 Å². The van der Waals surface area contributed by atoms with Crippen LogP contribution in [0.15, 0.2) is 67.0 Å². The monoisotopic (exact) mass is 415 g/mol. The zero-order valence-corrected chi connectivity index (χ0v) is 17.5. The van der Waals surface area contributed by atoms with E-state index < -0.39 is 5.97 Å². The highest BCUT2D eigenvalue weighted by Gasteiger charge is 2.19. The van der Waals surface area contributed by atoms with Crippen molar-refractivity contribution >= 4 is 17.6 Å². The molecule has 0 unspecified atom stereocenters. The van der Waals surface area contributed by atoms with E-state index in [0.717, 1.165) is 40.9 Å². The van der Waals surface area contributed by atoms with E-state index >= 15 is 0 Å². The molecule has 0 radical (unpaired) electrons. The van der Waals surface area contributed by atoms with Gasteiger partial charge in [0.2, 0.25) is 0 Å². The molecule has 1 fully saturated rings. The molecule has 4 rings (SSSR count). The normalized spacial score (nSPS) is 14.4. The largest absolute Gasteiger partial charge is 0.493 e. The van der Waals surface area contributed by atoms with Gasteiger partial charge in [-0.05, 0) is 90.4 Å². The fourth-order valence-corrected chi connectivity index (χ4v) is 3.87. The Labute approximate surface area is 182 Å². The Kier molecular flexibility index (Phi) is 6.32. The SMILES string of the molecule is COc1ccc(/C(=C\c2ccncc2)c2ccc(C(=O)O)cc2)cc1OC1CCCC1. The summed E-state index contributed by atoms with van der Waals surface area (Å²) in [4.78, 5) is 15.4. The zero-order valence-electron chi connectivity index (χ0n) is 17.5. The van der Waals surface area contributed by atoms with Crippen molar-refractivity contribution in [1.82, 2.24) is 4.98 Å². The van der Waals surface area contributed by atoms with E-state index in [2.05, 4.69) is 11.1 Å². The third kappa shape index (κ3) is 4.94. The second-order valence-electron chi connectivity index (χ2n) is 7.61. The average Bonchev–Trinajstić information content (AvgIpc) is 3.31. The minimum Gasteiger partial charge on any atom is -0.493 e. The number of carboxylic acid groups (broad SMARTS) is 1. The molecule has 5 heteroatoms. The maximum atomic E-state index is 11.3. The number of carboxylic acids is 1. The van der Waals surface area contributed by atoms with Crippen LogP contribution >= 0.6 is 0 Å². The van der Waals surface area contributed by atoms with Crippen LogP contribution in [0.1, 0.15) is 52.7 Å². The van der Waals surface area contributed by atoms with Crippen LogP contribution in [0.4, 0.5) is 0 Å². The van der Waals surface area contributed by atoms with Crippen molar-refractivity contribution in [3.8, 4) is 11.5 Å². The van der Waals surface area contributed by atoms with Crippen molar-refractivity contribution in [3.05, 3.63) is 89.2 Å². The number of aromatic carboxylic acids is 1. The van der Waals surface area contributed by atoms with Gasteiger partial charge in [-0.25, -0.2) is 4.79 Å². The molecule has 0 bridgehead atoms. The first kappa shape index (κ1) is 20.7. The second-order valence-corrected chi connectivity index (χ2v) is 7.61. The standard InChI is InChI=1S/C26H25NO4/c1-30-24-11-10-21(17-25(24)31-22-4-2-3-5-22)23(16-18-12-14-27-15-13-18)19-6-8-20(9-7-19)26(28)29/h6-17,22H,2-5H2,1H3,(H,28,29)/b23-16-. The number of nitrogens with zero attached hydrogens (tertiary/aromatic N) is 1. The van der Waals surface area contributed by atoms with Gasteiger partial charge in [0, 0.05) is 12.4 Å². The predicted octanol–water partition coefficient (Wildman–Crippen LogP) is 5.70. The molecule has 5 nitrogen and oxygen atoms in total. The van der Waals surface area contributed by atoms with Crippen LogP contribution in [0, 0.1) is 0 Å². The molecule has 1 N–H and O–H groups in total. The van der Waals surface area contributed by atoms with Crippen LogP contribution in [-0.2, 0) is 0 Å². The molecule has 31 heavy (non-hydrogen) atoms. The molecular weight excluding hydrogens is 390 g/mol. The van der Waals surface area contributed by atoms with Crippen LogP contribution in [0.5, 0.6) is 11.5 Å². The van der Waals surface area contributed by atoms with Crippen LogP contribution in [0.3, 0.4) is 0 Å². The van der Waals surface area contributed by atoms with Gasteiger partial charge in [-0.15, -0.1) is 0 Å². The van der Waals surface area contributed by atoms with Crippen molar-refractivity contribution in [3.63, 3.8) is 0 Å². The van der Waals surface area contributed by atoms with Crippen LogP contribution in [-0.4, -0.2) is 29.3 Å². The molecule has 1 heterocycles. The average molecular weight is 415 g/mol. The third-order valence-electron chi connectivity index (χ3n) is 5.53. The summed E-state index contributed by atoms with van der Waals surface area (Å²) in [7, 11) is 1.65. The Bertz CT molecular complexity index is 1070. The number of rotatable bonds is 7. The highest BCUT2D eigenvalue weighted by molar-refractivity contribution is 5.93. The number of carbonyl (C=O) groups is 1. The number of benzene rings is 2. The van der Waals surface area contributed by atoms with Gasteiger partial charge in [0.25, 0.3) is 0 Å². The number of pyridine rings is 1. The lowest BCUT2D eigenvalue weighted by Crippen LogP contribution is -2.11. The summed E-state index contributed by atoms with van der Waals surface area (Å²) in [5.74, 6) is 0.498. The summed E-state index contributed by atoms with van der Waals surface area (Å²) in [6.45, 7) is 0. The first-order valence-electron chi connectivity index (χ1n) is 10.4. The summed E-state index contributed by atoms with van der Waals surface area (Å²) in [6, 6.07) is 16.7. The van der Waals surface area contributed by atoms with Gasteiger partial charge in [0.15, 0.2) is 11.5 Å². The Morgan fingerprint density at radius 3 is 2.23 bits per heavy atom. The molecule has 1 aliphatic rings. The summed E-state index contributed by atoms with van der Waals surface area (Å²) < 4.78 is 11.8. The van der Waals surface area contributed by atoms with E-state index in [9.17, 15) is 9.90 Å². The van der Waals surface area contributed by atoms with Crippen LogP contribution in [0.25, 0.3) is 11.6 Å². The van der Waals surface area contributed by atoms with Gasteiger partial charge in [-0.1, -0.05) is 18.2 Å². The number of methoxy groups -OCH3 is 1. The van der Waals surface area contributed by atoms with E-state index in [4.69, 9.17) is 9.47 Å². The molecule has 0 saturated heterocycles. The second kappa shape index (κ2) is 9.47. The molecule has 0 spiro atoms. The molecular formula is C26H25NO4. The summed E-state index contributed by atoms with van der Waals surface area (Å²) in [5, 5.41) is 9.24. The number of ether oxygens (including phenoxy) is 2. The Morgan fingerprint density at radius 2 is 1.58 bits per heavy atom. The number of hydrogen-bond acceptors (Lipinski definition) is 4. The van der Waals surface area contributed by atoms with Gasteiger partial charge in [-0.3, -0.25) is 4.98 Å². The number of hydrogen-bond donors (Lipinski definition) is 1. The molecule has 1 saturated carbocycles. The van der Waals surface area contributed by atoms with E-state index in [1.165, 1.54) is 12.8 Å². The minimum atomic E-state index is -0.942. The maximum absolute atomic E-state index is 11.3. The Morgan fingerprint density at radius 1 is 0.935 bits per heavy atom. The summed E-state index contributed by atoms with van der Waals surface area (Å²) >= 11 is 0. The van der Waals surface area contributed by atoms with Crippen molar-refractivity contribution in [1.29, 1.82) is 0 Å². The van der Waals surface area contributed by atoms with Crippen LogP contribution in [0.2, 0.25) is 0 Å². The van der Waals surface area contributed by atoms with Gasteiger partial charge in [0.05, 0.1) is 18.8 Å². The highest BCUT2D eigenvalue weighted by atomic mass is 16.5. The summed E-state index contributed by atoms with van der Waals surface area (Å²) in [5.41, 5.74) is 4.10. The lowest BCUT2D eigenvalue weighted by atomic mass is 9.94. The quantitative estimate of drug-likeness (QED) is 0.536. The van der Waals surface area contributed by atoms with Gasteiger partial charge in [-0.2, -0.15) is 0 Å². The molecule has 0 amide bonds. The molecule has 3 aromatic rings. The highest BCUT2D eigenvalue weighted by Crippen LogP contribution is 2.36. The number of aromatic nitrogens is 1. The predicted molar refractivity (Wildman–Crippen MR) is 120 cm³/mol. The van der Waals surface area contributed by atoms with Crippen LogP contribution < -0.4 is 9.47 Å². The first-order valence-corrected chi connectivity index (χ1v) is 10.4. The zero-order chi connectivity index (χ0) is 21.6. The third-order valence-corrected chi connectivity index (χ3v) is 5.53. The Hall–Kier alpha value is -3.60. The minimum absolute atomic E-state index is 0.214. The van der Waals surface area contributed by atoms with E-state index in [1.807, 2.05) is 42.5 Å². The maximum Gasteiger partial charge on any atom is 0.335 e. The van der Waals surface area contributed by atoms with Crippen molar-refractivity contribution in [2.45, 2.75) is 31.8 Å². The molecule has 1 aromatic heterocycles. The van der Waals surface area contributed by atoms with E-state index in [1.54, 1.807) is 31.6 Å².